The molecular formula is C19H41N5. The summed E-state index contributed by atoms with van der Waals surface area (Å²) >= 11 is 0. The second-order valence-corrected chi connectivity index (χ2v) is 8.40. The average Bonchev–Trinajstić information content (AvgIpc) is 2.69. The number of hydrogen-bond donors (Lipinski definition) is 2. The molecule has 5 heteroatoms. The lowest BCUT2D eigenvalue weighted by molar-refractivity contribution is 0.283. The predicted octanol–water partition coefficient (Wildman–Crippen LogP) is 2.39. The van der Waals surface area contributed by atoms with Gasteiger partial charge < -0.3 is 20.4 Å². The molecule has 0 saturated carbocycles. The van der Waals surface area contributed by atoms with Gasteiger partial charge in [0.2, 0.25) is 0 Å². The van der Waals surface area contributed by atoms with Gasteiger partial charge >= 0.3 is 0 Å². The molecule has 142 valence electrons. The van der Waals surface area contributed by atoms with E-state index in [1.165, 1.54) is 38.9 Å². The standard InChI is InChI=1S/C19H41N5/c1-7-20-18(22-17(2)9-10-19(3,4)5)21-11-14-24-13-8-12-23(6)15-16-24/h17H,7-16H2,1-6H3,(H2,20,21,22). The van der Waals surface area contributed by atoms with E-state index in [0.29, 0.717) is 11.5 Å². The lowest BCUT2D eigenvalue weighted by Gasteiger charge is -2.23. The average molecular weight is 340 g/mol. The van der Waals surface area contributed by atoms with E-state index in [-0.39, 0.29) is 0 Å². The molecule has 0 aromatic heterocycles. The van der Waals surface area contributed by atoms with Crippen LogP contribution in [0.2, 0.25) is 0 Å². The van der Waals surface area contributed by atoms with E-state index in [0.717, 1.165) is 32.1 Å². The number of guanidine groups is 1. The van der Waals surface area contributed by atoms with Crippen LogP contribution >= 0.6 is 0 Å². The highest BCUT2D eigenvalue weighted by atomic mass is 15.2. The van der Waals surface area contributed by atoms with Crippen LogP contribution in [0.4, 0.5) is 0 Å². The highest BCUT2D eigenvalue weighted by Gasteiger charge is 2.14. The van der Waals surface area contributed by atoms with Crippen molar-refractivity contribution in [3.63, 3.8) is 0 Å². The highest BCUT2D eigenvalue weighted by molar-refractivity contribution is 5.80. The van der Waals surface area contributed by atoms with E-state index in [4.69, 9.17) is 4.99 Å². The van der Waals surface area contributed by atoms with E-state index in [1.54, 1.807) is 0 Å². The van der Waals surface area contributed by atoms with Crippen LogP contribution in [0.5, 0.6) is 0 Å². The van der Waals surface area contributed by atoms with Crippen LogP contribution < -0.4 is 10.6 Å². The zero-order chi connectivity index (χ0) is 18.0. The number of nitrogens with zero attached hydrogens (tertiary/aromatic N) is 3. The molecule has 1 rings (SSSR count). The minimum atomic E-state index is 0.394. The maximum atomic E-state index is 4.78. The Kier molecular flexibility index (Phi) is 9.67. The van der Waals surface area contributed by atoms with E-state index in [1.807, 2.05) is 0 Å². The van der Waals surface area contributed by atoms with Gasteiger partial charge in [-0.15, -0.1) is 0 Å². The van der Waals surface area contributed by atoms with E-state index >= 15 is 0 Å². The number of likely N-dealkylation sites (N-methyl/N-ethyl adjacent to an activating group) is 1. The van der Waals surface area contributed by atoms with Crippen molar-refractivity contribution < 1.29 is 0 Å². The lowest BCUT2D eigenvalue weighted by Crippen LogP contribution is -2.43. The Hall–Kier alpha value is -0.810. The number of rotatable bonds is 7. The van der Waals surface area contributed by atoms with Crippen molar-refractivity contribution in [3.8, 4) is 0 Å². The van der Waals surface area contributed by atoms with Crippen LogP contribution in [-0.4, -0.2) is 74.7 Å². The van der Waals surface area contributed by atoms with Crippen LogP contribution in [0.15, 0.2) is 4.99 Å². The minimum Gasteiger partial charge on any atom is -0.357 e. The first-order chi connectivity index (χ1) is 11.3. The van der Waals surface area contributed by atoms with Crippen molar-refractivity contribution in [2.45, 2.75) is 59.9 Å². The normalized spacial score (nSPS) is 19.8. The molecule has 1 unspecified atom stereocenters. The molecule has 0 spiro atoms. The molecule has 1 fully saturated rings. The van der Waals surface area contributed by atoms with Gasteiger partial charge in [-0.25, -0.2) is 0 Å². The highest BCUT2D eigenvalue weighted by Crippen LogP contribution is 2.21. The summed E-state index contributed by atoms with van der Waals surface area (Å²) in [6.07, 6.45) is 3.66. The number of nitrogens with one attached hydrogen (secondary N) is 2. The summed E-state index contributed by atoms with van der Waals surface area (Å²) < 4.78 is 0. The van der Waals surface area contributed by atoms with Gasteiger partial charge in [-0.05, 0) is 58.7 Å². The van der Waals surface area contributed by atoms with Crippen LogP contribution in [0.25, 0.3) is 0 Å². The van der Waals surface area contributed by atoms with Gasteiger partial charge in [0.15, 0.2) is 5.96 Å². The van der Waals surface area contributed by atoms with Crippen molar-refractivity contribution in [3.05, 3.63) is 0 Å². The van der Waals surface area contributed by atoms with Gasteiger partial charge in [-0.2, -0.15) is 0 Å². The largest absolute Gasteiger partial charge is 0.357 e. The van der Waals surface area contributed by atoms with Gasteiger partial charge in [0.1, 0.15) is 0 Å². The van der Waals surface area contributed by atoms with Crippen molar-refractivity contribution in [2.75, 3.05) is 52.9 Å². The molecule has 0 amide bonds. The Morgan fingerprint density at radius 1 is 1.17 bits per heavy atom. The fraction of sp³-hybridized carbons (Fsp3) is 0.947. The zero-order valence-electron chi connectivity index (χ0n) is 17.0. The summed E-state index contributed by atoms with van der Waals surface area (Å²) in [7, 11) is 2.22. The van der Waals surface area contributed by atoms with Gasteiger partial charge in [0.25, 0.3) is 0 Å². The number of hydrogen-bond acceptors (Lipinski definition) is 3. The molecule has 1 saturated heterocycles. The van der Waals surface area contributed by atoms with Gasteiger partial charge in [0, 0.05) is 32.2 Å². The number of aliphatic imine (C=N–C) groups is 1. The maximum Gasteiger partial charge on any atom is 0.191 e. The summed E-state index contributed by atoms with van der Waals surface area (Å²) in [4.78, 5) is 9.74. The smallest absolute Gasteiger partial charge is 0.191 e. The first-order valence-electron chi connectivity index (χ1n) is 9.76. The molecule has 0 radical (unpaired) electrons. The molecular weight excluding hydrogens is 298 g/mol. The van der Waals surface area contributed by atoms with Crippen molar-refractivity contribution in [1.29, 1.82) is 0 Å². The Morgan fingerprint density at radius 3 is 2.58 bits per heavy atom. The Morgan fingerprint density at radius 2 is 1.92 bits per heavy atom. The SMILES string of the molecule is CCNC(=NCCN1CCCN(C)CC1)NC(C)CCC(C)(C)C. The lowest BCUT2D eigenvalue weighted by atomic mass is 9.89. The summed E-state index contributed by atoms with van der Waals surface area (Å²) in [5, 5.41) is 6.94. The Labute approximate surface area is 150 Å². The summed E-state index contributed by atoms with van der Waals surface area (Å²) in [6, 6.07) is 0.453. The maximum absolute atomic E-state index is 4.78. The second-order valence-electron chi connectivity index (χ2n) is 8.40. The second kappa shape index (κ2) is 10.9. The molecule has 1 aliphatic heterocycles. The van der Waals surface area contributed by atoms with Crippen molar-refractivity contribution in [2.24, 2.45) is 10.4 Å². The monoisotopic (exact) mass is 339 g/mol. The summed E-state index contributed by atoms with van der Waals surface area (Å²) in [5.41, 5.74) is 0.394. The molecule has 1 heterocycles. The molecule has 1 atom stereocenters. The van der Waals surface area contributed by atoms with Gasteiger partial charge in [0.05, 0.1) is 6.54 Å². The van der Waals surface area contributed by atoms with Crippen LogP contribution in [0, 0.1) is 5.41 Å². The fourth-order valence-electron chi connectivity index (χ4n) is 2.90. The minimum absolute atomic E-state index is 0.394. The molecule has 0 aromatic rings. The van der Waals surface area contributed by atoms with E-state index in [9.17, 15) is 0 Å². The molecule has 0 bridgehead atoms. The Balaban J connectivity index is 2.38. The summed E-state index contributed by atoms with van der Waals surface area (Å²) in [6.45, 7) is 18.9. The first-order valence-corrected chi connectivity index (χ1v) is 9.76. The molecule has 5 nitrogen and oxygen atoms in total. The first kappa shape index (κ1) is 21.2. The van der Waals surface area contributed by atoms with Crippen LogP contribution in [0.3, 0.4) is 0 Å². The predicted molar refractivity (Wildman–Crippen MR) is 106 cm³/mol. The molecule has 2 N–H and O–H groups in total. The molecule has 0 aliphatic carbocycles. The van der Waals surface area contributed by atoms with Gasteiger partial charge in [-0.1, -0.05) is 20.8 Å². The summed E-state index contributed by atoms with van der Waals surface area (Å²) in [5.74, 6) is 0.964. The third-order valence-electron chi connectivity index (χ3n) is 4.55. The van der Waals surface area contributed by atoms with Crippen LogP contribution in [-0.2, 0) is 0 Å². The topological polar surface area (TPSA) is 42.9 Å². The third kappa shape index (κ3) is 10.1. The van der Waals surface area contributed by atoms with E-state index < -0.39 is 0 Å². The quantitative estimate of drug-likeness (QED) is 0.552. The van der Waals surface area contributed by atoms with Crippen molar-refractivity contribution >= 4 is 5.96 Å². The van der Waals surface area contributed by atoms with Gasteiger partial charge in [-0.3, -0.25) is 4.99 Å². The van der Waals surface area contributed by atoms with Crippen LogP contribution in [0.1, 0.15) is 53.9 Å². The molecule has 24 heavy (non-hydrogen) atoms. The fourth-order valence-corrected chi connectivity index (χ4v) is 2.90. The third-order valence-corrected chi connectivity index (χ3v) is 4.55. The zero-order valence-corrected chi connectivity index (χ0v) is 17.0. The molecule has 1 aliphatic rings. The molecule has 0 aromatic carbocycles. The van der Waals surface area contributed by atoms with E-state index in [2.05, 4.69) is 62.1 Å². The Bertz CT molecular complexity index is 361. The van der Waals surface area contributed by atoms with Crippen molar-refractivity contribution in [1.82, 2.24) is 20.4 Å².